The number of H-pyrrole nitrogens is 1. The smallest absolute Gasteiger partial charge is 0.266 e. The van der Waals surface area contributed by atoms with Crippen LogP contribution in [0.1, 0.15) is 11.2 Å². The Kier molecular flexibility index (Phi) is 1.18. The van der Waals surface area contributed by atoms with E-state index in [9.17, 15) is 9.59 Å². The second-order valence-electron chi connectivity index (χ2n) is 2.49. The molecule has 0 aromatic carbocycles. The third kappa shape index (κ3) is 0.849. The van der Waals surface area contributed by atoms with Crippen LogP contribution in [0.25, 0.3) is 0 Å². The van der Waals surface area contributed by atoms with Crippen molar-refractivity contribution in [3.05, 3.63) is 16.4 Å². The van der Waals surface area contributed by atoms with Gasteiger partial charge in [-0.3, -0.25) is 14.7 Å². The molecule has 0 bridgehead atoms. The van der Waals surface area contributed by atoms with Crippen molar-refractivity contribution in [3.63, 3.8) is 0 Å². The molecule has 0 fully saturated rings. The summed E-state index contributed by atoms with van der Waals surface area (Å²) in [5.74, 6) is 0.243. The van der Waals surface area contributed by atoms with Crippen LogP contribution < -0.4 is 11.3 Å². The Morgan fingerprint density at radius 3 is 3.08 bits per heavy atom. The van der Waals surface area contributed by atoms with Gasteiger partial charge in [-0.2, -0.15) is 0 Å². The lowest BCUT2D eigenvalue weighted by atomic mass is 10.3. The van der Waals surface area contributed by atoms with Crippen molar-refractivity contribution in [3.8, 4) is 0 Å². The predicted molar refractivity (Wildman–Crippen MR) is 41.6 cm³/mol. The Morgan fingerprint density at radius 1 is 1.58 bits per heavy atom. The molecule has 0 amide bonds. The molecule has 1 aliphatic rings. The molecule has 0 aliphatic carbocycles. The quantitative estimate of drug-likeness (QED) is 0.528. The zero-order chi connectivity index (χ0) is 8.72. The molecule has 1 aromatic rings. The van der Waals surface area contributed by atoms with E-state index in [1.165, 1.54) is 6.07 Å². The van der Waals surface area contributed by atoms with Gasteiger partial charge in [-0.25, -0.2) is 9.67 Å². The lowest BCUT2D eigenvalue weighted by molar-refractivity contribution is 0.0905. The van der Waals surface area contributed by atoms with E-state index in [1.54, 1.807) is 0 Å². The van der Waals surface area contributed by atoms with Gasteiger partial charge in [0.2, 0.25) is 0 Å². The van der Waals surface area contributed by atoms with Crippen LogP contribution in [0.4, 0.5) is 5.82 Å². The summed E-state index contributed by atoms with van der Waals surface area (Å²) in [7, 11) is 0. The van der Waals surface area contributed by atoms with Crippen LogP contribution in [0.5, 0.6) is 0 Å². The molecule has 62 valence electrons. The molecule has 0 radical (unpaired) electrons. The molecule has 2 rings (SSSR count). The first kappa shape index (κ1) is 6.84. The molecule has 0 atom stereocenters. The van der Waals surface area contributed by atoms with Gasteiger partial charge >= 0.3 is 0 Å². The zero-order valence-electron chi connectivity index (χ0n) is 6.07. The van der Waals surface area contributed by atoms with Gasteiger partial charge in [0.15, 0.2) is 5.82 Å². The third-order valence-corrected chi connectivity index (χ3v) is 1.55. The number of rotatable bonds is 0. The van der Waals surface area contributed by atoms with Crippen LogP contribution in [0.3, 0.4) is 0 Å². The molecule has 1 aromatic heterocycles. The lowest BCUT2D eigenvalue weighted by Gasteiger charge is -2.08. The molecule has 12 heavy (non-hydrogen) atoms. The average Bonchev–Trinajstić information content (AvgIpc) is 2.29. The number of aromatic nitrogens is 2. The number of aliphatic imine (C=N–C) groups is 1. The second-order valence-corrected chi connectivity index (χ2v) is 2.49. The van der Waals surface area contributed by atoms with E-state index in [2.05, 4.69) is 10.1 Å². The van der Waals surface area contributed by atoms with Gasteiger partial charge in [0.05, 0.1) is 6.42 Å². The molecule has 6 heteroatoms. The number of fused-ring (bicyclic) bond motifs is 1. The number of amidine groups is 1. The Labute approximate surface area is 66.7 Å². The SMILES string of the molecule is NC1=Nc2cc(=O)[nH]n2C(=O)C1. The first-order chi connectivity index (χ1) is 5.66. The van der Waals surface area contributed by atoms with Gasteiger partial charge in [0, 0.05) is 6.07 Å². The monoisotopic (exact) mass is 166 g/mol. The normalized spacial score (nSPS) is 15.7. The summed E-state index contributed by atoms with van der Waals surface area (Å²) in [5.41, 5.74) is 5.00. The molecular weight excluding hydrogens is 160 g/mol. The van der Waals surface area contributed by atoms with E-state index in [0.717, 1.165) is 4.68 Å². The largest absolute Gasteiger partial charge is 0.387 e. The van der Waals surface area contributed by atoms with Crippen LogP contribution in [0.2, 0.25) is 0 Å². The minimum atomic E-state index is -0.350. The van der Waals surface area contributed by atoms with Crippen molar-refractivity contribution in [2.75, 3.05) is 0 Å². The van der Waals surface area contributed by atoms with Crippen molar-refractivity contribution >= 4 is 17.6 Å². The lowest BCUT2D eigenvalue weighted by Crippen LogP contribution is -2.26. The van der Waals surface area contributed by atoms with E-state index >= 15 is 0 Å². The number of nitrogens with zero attached hydrogens (tertiary/aromatic N) is 2. The Balaban J connectivity index is 2.69. The maximum atomic E-state index is 11.1. The van der Waals surface area contributed by atoms with Gasteiger partial charge < -0.3 is 5.73 Å². The van der Waals surface area contributed by atoms with Crippen LogP contribution >= 0.6 is 0 Å². The van der Waals surface area contributed by atoms with Crippen molar-refractivity contribution in [2.45, 2.75) is 6.42 Å². The van der Waals surface area contributed by atoms with E-state index < -0.39 is 0 Å². The van der Waals surface area contributed by atoms with E-state index in [0.29, 0.717) is 0 Å². The highest BCUT2D eigenvalue weighted by atomic mass is 16.2. The number of carbonyl (C=O) groups excluding carboxylic acids is 1. The van der Waals surface area contributed by atoms with Crippen LogP contribution in [-0.4, -0.2) is 21.5 Å². The zero-order valence-corrected chi connectivity index (χ0v) is 6.07. The number of nitrogens with two attached hydrogens (primary N) is 1. The molecule has 0 spiro atoms. The number of aromatic amines is 1. The summed E-state index contributed by atoms with van der Waals surface area (Å²) in [5, 5.41) is 2.32. The summed E-state index contributed by atoms with van der Waals surface area (Å²) in [6.07, 6.45) is 0.0532. The van der Waals surface area contributed by atoms with E-state index in [4.69, 9.17) is 5.73 Å². The van der Waals surface area contributed by atoms with Crippen LogP contribution in [0, 0.1) is 0 Å². The fourth-order valence-electron chi connectivity index (χ4n) is 1.07. The Bertz CT molecular complexity index is 425. The standard InChI is InChI=1S/C6H6N4O2/c7-3-1-6(12)10-4(8-3)2-5(11)9-10/h2H,1H2,(H2,7,8)(H,9,11). The minimum absolute atomic E-state index is 0.0532. The topological polar surface area (TPSA) is 93.2 Å². The highest BCUT2D eigenvalue weighted by Gasteiger charge is 2.17. The fraction of sp³-hybridized carbons (Fsp3) is 0.167. The number of carbonyl (C=O) groups is 1. The maximum absolute atomic E-state index is 11.1. The van der Waals surface area contributed by atoms with E-state index in [-0.39, 0.29) is 29.5 Å². The van der Waals surface area contributed by atoms with Crippen molar-refractivity contribution in [1.29, 1.82) is 0 Å². The van der Waals surface area contributed by atoms with Crippen molar-refractivity contribution in [1.82, 2.24) is 9.78 Å². The first-order valence-electron chi connectivity index (χ1n) is 3.35. The molecule has 0 unspecified atom stereocenters. The molecule has 3 N–H and O–H groups in total. The minimum Gasteiger partial charge on any atom is -0.387 e. The van der Waals surface area contributed by atoms with Gasteiger partial charge in [-0.1, -0.05) is 0 Å². The summed E-state index contributed by atoms with van der Waals surface area (Å²) in [6.45, 7) is 0. The summed E-state index contributed by atoms with van der Waals surface area (Å²) < 4.78 is 1.10. The molecular formula is C6H6N4O2. The van der Waals surface area contributed by atoms with Gasteiger partial charge in [0.25, 0.3) is 11.5 Å². The van der Waals surface area contributed by atoms with Gasteiger partial charge in [0.1, 0.15) is 5.84 Å². The Morgan fingerprint density at radius 2 is 2.33 bits per heavy atom. The highest BCUT2D eigenvalue weighted by molar-refractivity contribution is 6.03. The summed E-state index contributed by atoms with van der Waals surface area (Å²) in [4.78, 5) is 25.7. The van der Waals surface area contributed by atoms with Crippen LogP contribution in [-0.2, 0) is 0 Å². The van der Waals surface area contributed by atoms with E-state index in [1.807, 2.05) is 0 Å². The maximum Gasteiger partial charge on any atom is 0.266 e. The fourth-order valence-corrected chi connectivity index (χ4v) is 1.07. The van der Waals surface area contributed by atoms with Gasteiger partial charge in [-0.05, 0) is 0 Å². The molecule has 1 aliphatic heterocycles. The number of hydrogen-bond acceptors (Lipinski definition) is 4. The molecule has 0 saturated heterocycles. The number of hydrogen-bond donors (Lipinski definition) is 2. The Hall–Kier alpha value is -1.85. The average molecular weight is 166 g/mol. The highest BCUT2D eigenvalue weighted by Crippen LogP contribution is 2.13. The molecule has 6 nitrogen and oxygen atoms in total. The van der Waals surface area contributed by atoms with Crippen molar-refractivity contribution < 1.29 is 4.79 Å². The van der Waals surface area contributed by atoms with Crippen LogP contribution in [0.15, 0.2) is 15.9 Å². The van der Waals surface area contributed by atoms with Gasteiger partial charge in [-0.15, -0.1) is 0 Å². The third-order valence-electron chi connectivity index (χ3n) is 1.55. The molecule has 2 heterocycles. The summed E-state index contributed by atoms with van der Waals surface area (Å²) in [6, 6.07) is 1.23. The first-order valence-corrected chi connectivity index (χ1v) is 3.35. The predicted octanol–water partition coefficient (Wildman–Crippen LogP) is -0.791. The summed E-state index contributed by atoms with van der Waals surface area (Å²) >= 11 is 0. The van der Waals surface area contributed by atoms with Crippen molar-refractivity contribution in [2.24, 2.45) is 10.7 Å². The molecule has 0 saturated carbocycles. The second kappa shape index (κ2) is 2.07. The number of nitrogens with one attached hydrogen (secondary N) is 1.